The van der Waals surface area contributed by atoms with Gasteiger partial charge < -0.3 is 20.5 Å². The summed E-state index contributed by atoms with van der Waals surface area (Å²) in [5.74, 6) is 0.0960. The van der Waals surface area contributed by atoms with E-state index in [1.807, 2.05) is 6.92 Å². The molecule has 0 aliphatic carbocycles. The molecule has 98 valence electrons. The van der Waals surface area contributed by atoms with Gasteiger partial charge in [-0.2, -0.15) is 9.38 Å². The van der Waals surface area contributed by atoms with Crippen molar-refractivity contribution in [2.75, 3.05) is 11.9 Å². The number of fused-ring (bicyclic) bond motifs is 1. The molecule has 0 saturated carbocycles. The zero-order valence-electron chi connectivity index (χ0n) is 10.1. The Morgan fingerprint density at radius 2 is 2.44 bits per heavy atom. The minimum absolute atomic E-state index is 0.0989. The first kappa shape index (κ1) is 12.8. The number of hydrogen-bond acceptors (Lipinski definition) is 6. The van der Waals surface area contributed by atoms with Gasteiger partial charge in [0.15, 0.2) is 0 Å². The summed E-state index contributed by atoms with van der Waals surface area (Å²) in [5.41, 5.74) is -0.912. The van der Waals surface area contributed by atoms with Crippen molar-refractivity contribution in [1.29, 1.82) is 0 Å². The highest BCUT2D eigenvalue weighted by Gasteiger charge is 2.25. The van der Waals surface area contributed by atoms with Crippen LogP contribution in [0.25, 0.3) is 4.96 Å². The zero-order valence-corrected chi connectivity index (χ0v) is 10.9. The quantitative estimate of drug-likeness (QED) is 0.639. The number of anilines is 1. The van der Waals surface area contributed by atoms with Gasteiger partial charge in [0.2, 0.25) is 5.82 Å². The van der Waals surface area contributed by atoms with Gasteiger partial charge >= 0.3 is 5.82 Å². The first-order chi connectivity index (χ1) is 8.44. The summed E-state index contributed by atoms with van der Waals surface area (Å²) in [4.78, 5) is 15.3. The second-order valence-electron chi connectivity index (χ2n) is 4.30. The molecule has 1 atom stereocenters. The number of imidazole rings is 1. The van der Waals surface area contributed by atoms with Gasteiger partial charge in [0.1, 0.15) is 6.20 Å². The summed E-state index contributed by atoms with van der Waals surface area (Å²) >= 11 is 1.32. The SMILES string of the molecule is CCC(C)(O)CNc1nc2sccn2c1[N+](=O)[O-]. The fourth-order valence-electron chi connectivity index (χ4n) is 1.47. The Morgan fingerprint density at radius 3 is 3.06 bits per heavy atom. The van der Waals surface area contributed by atoms with Crippen molar-refractivity contribution in [3.05, 3.63) is 21.7 Å². The zero-order chi connectivity index (χ0) is 13.3. The third kappa shape index (κ3) is 2.29. The molecule has 0 aliphatic rings. The maximum Gasteiger partial charge on any atom is 0.372 e. The number of nitro groups is 1. The highest BCUT2D eigenvalue weighted by atomic mass is 32.1. The van der Waals surface area contributed by atoms with Crippen molar-refractivity contribution in [3.8, 4) is 0 Å². The van der Waals surface area contributed by atoms with Gasteiger partial charge in [-0.15, -0.1) is 0 Å². The molecule has 2 rings (SSSR count). The third-order valence-corrected chi connectivity index (χ3v) is 3.56. The lowest BCUT2D eigenvalue weighted by molar-refractivity contribution is -0.389. The molecule has 7 nitrogen and oxygen atoms in total. The van der Waals surface area contributed by atoms with Crippen molar-refractivity contribution in [3.63, 3.8) is 0 Å². The van der Waals surface area contributed by atoms with E-state index in [0.717, 1.165) is 0 Å². The van der Waals surface area contributed by atoms with Crippen LogP contribution >= 0.6 is 11.3 Å². The van der Waals surface area contributed by atoms with E-state index in [2.05, 4.69) is 10.3 Å². The van der Waals surface area contributed by atoms with Crippen LogP contribution in [0.5, 0.6) is 0 Å². The molecule has 0 saturated heterocycles. The number of aromatic nitrogens is 2. The molecule has 0 fully saturated rings. The first-order valence-electron chi connectivity index (χ1n) is 5.51. The van der Waals surface area contributed by atoms with Crippen LogP contribution in [0.3, 0.4) is 0 Å². The van der Waals surface area contributed by atoms with Crippen molar-refractivity contribution in [2.24, 2.45) is 0 Å². The lowest BCUT2D eigenvalue weighted by Crippen LogP contribution is -2.32. The molecule has 0 radical (unpaired) electrons. The Hall–Kier alpha value is -1.67. The maximum atomic E-state index is 11.0. The molecule has 2 heterocycles. The molecule has 1 unspecified atom stereocenters. The van der Waals surface area contributed by atoms with E-state index in [1.54, 1.807) is 18.5 Å². The number of aliphatic hydroxyl groups is 1. The molecule has 0 aliphatic heterocycles. The van der Waals surface area contributed by atoms with Crippen molar-refractivity contribution in [1.82, 2.24) is 9.38 Å². The van der Waals surface area contributed by atoms with Crippen LogP contribution in [-0.4, -0.2) is 31.6 Å². The normalized spacial score (nSPS) is 14.6. The Labute approximate surface area is 107 Å². The molecule has 2 N–H and O–H groups in total. The van der Waals surface area contributed by atoms with Gasteiger partial charge in [-0.25, -0.2) is 0 Å². The van der Waals surface area contributed by atoms with Crippen molar-refractivity contribution < 1.29 is 10.0 Å². The maximum absolute atomic E-state index is 11.0. The van der Waals surface area contributed by atoms with Gasteiger partial charge in [-0.05, 0) is 18.3 Å². The van der Waals surface area contributed by atoms with E-state index >= 15 is 0 Å². The molecular weight excluding hydrogens is 256 g/mol. The van der Waals surface area contributed by atoms with E-state index in [-0.39, 0.29) is 18.2 Å². The van der Waals surface area contributed by atoms with Gasteiger partial charge in [0, 0.05) is 11.9 Å². The summed E-state index contributed by atoms with van der Waals surface area (Å²) in [6.45, 7) is 3.74. The molecule has 2 aromatic heterocycles. The molecule has 0 bridgehead atoms. The average Bonchev–Trinajstić information content (AvgIpc) is 2.85. The number of thiazole rings is 1. The van der Waals surface area contributed by atoms with E-state index in [4.69, 9.17) is 0 Å². The average molecular weight is 270 g/mol. The molecule has 0 aromatic carbocycles. The molecular formula is C10H14N4O3S. The number of nitrogens with zero attached hydrogens (tertiary/aromatic N) is 3. The van der Waals surface area contributed by atoms with Gasteiger partial charge in [-0.1, -0.05) is 18.3 Å². The Morgan fingerprint density at radius 1 is 1.72 bits per heavy atom. The van der Waals surface area contributed by atoms with E-state index < -0.39 is 10.5 Å². The van der Waals surface area contributed by atoms with Crippen LogP contribution in [0.2, 0.25) is 0 Å². The Kier molecular flexibility index (Phi) is 3.22. The van der Waals surface area contributed by atoms with Crippen LogP contribution in [0.1, 0.15) is 20.3 Å². The van der Waals surface area contributed by atoms with Crippen LogP contribution < -0.4 is 5.32 Å². The summed E-state index contributed by atoms with van der Waals surface area (Å²) < 4.78 is 1.42. The Balaban J connectivity index is 2.30. The van der Waals surface area contributed by atoms with Gasteiger partial charge in [0.25, 0.3) is 4.96 Å². The van der Waals surface area contributed by atoms with Crippen LogP contribution in [-0.2, 0) is 0 Å². The minimum Gasteiger partial charge on any atom is -0.388 e. The minimum atomic E-state index is -0.912. The Bertz CT molecular complexity index is 575. The van der Waals surface area contributed by atoms with E-state index in [0.29, 0.717) is 11.4 Å². The first-order valence-corrected chi connectivity index (χ1v) is 6.39. The fraction of sp³-hybridized carbons (Fsp3) is 0.500. The summed E-state index contributed by atoms with van der Waals surface area (Å²) in [5, 5.41) is 25.5. The van der Waals surface area contributed by atoms with Crippen LogP contribution in [0.4, 0.5) is 11.6 Å². The van der Waals surface area contributed by atoms with Gasteiger partial charge in [-0.3, -0.25) is 0 Å². The van der Waals surface area contributed by atoms with Crippen molar-refractivity contribution >= 4 is 27.9 Å². The van der Waals surface area contributed by atoms with Crippen LogP contribution in [0.15, 0.2) is 11.6 Å². The monoisotopic (exact) mass is 270 g/mol. The standard InChI is InChI=1S/C10H14N4O3S/c1-3-10(2,15)6-11-7-8(14(16)17)13-4-5-18-9(13)12-7/h4-5,11,15H,3,6H2,1-2H3. The number of hydrogen-bond donors (Lipinski definition) is 2. The highest BCUT2D eigenvalue weighted by Crippen LogP contribution is 2.28. The predicted molar refractivity (Wildman–Crippen MR) is 69.1 cm³/mol. The fourth-order valence-corrected chi connectivity index (χ4v) is 2.18. The number of rotatable bonds is 5. The second-order valence-corrected chi connectivity index (χ2v) is 5.17. The topological polar surface area (TPSA) is 92.7 Å². The lowest BCUT2D eigenvalue weighted by Gasteiger charge is -2.21. The lowest BCUT2D eigenvalue weighted by atomic mass is 10.0. The smallest absolute Gasteiger partial charge is 0.372 e. The summed E-state index contributed by atoms with van der Waals surface area (Å²) in [6, 6.07) is 0. The third-order valence-electron chi connectivity index (χ3n) is 2.81. The van der Waals surface area contributed by atoms with E-state index in [9.17, 15) is 15.2 Å². The molecule has 0 spiro atoms. The largest absolute Gasteiger partial charge is 0.388 e. The summed E-state index contributed by atoms with van der Waals surface area (Å²) in [6.07, 6.45) is 2.16. The second kappa shape index (κ2) is 4.54. The molecule has 8 heteroatoms. The molecule has 18 heavy (non-hydrogen) atoms. The molecule has 2 aromatic rings. The highest BCUT2D eigenvalue weighted by molar-refractivity contribution is 7.15. The predicted octanol–water partition coefficient (Wildman–Crippen LogP) is 1.88. The van der Waals surface area contributed by atoms with Crippen LogP contribution in [0, 0.1) is 10.1 Å². The summed E-state index contributed by atoms with van der Waals surface area (Å²) in [7, 11) is 0. The molecule has 0 amide bonds. The van der Waals surface area contributed by atoms with E-state index in [1.165, 1.54) is 15.7 Å². The van der Waals surface area contributed by atoms with Gasteiger partial charge in [0.05, 0.1) is 5.60 Å². The van der Waals surface area contributed by atoms with Crippen molar-refractivity contribution in [2.45, 2.75) is 25.9 Å². The number of nitrogens with one attached hydrogen (secondary N) is 1.